The number of aromatic amines is 1. The van der Waals surface area contributed by atoms with E-state index in [0.717, 1.165) is 38.9 Å². The number of pyridine rings is 1. The quantitative estimate of drug-likeness (QED) is 0.174. The first-order valence-corrected chi connectivity index (χ1v) is 13.0. The Kier molecular flexibility index (Phi) is 7.26. The van der Waals surface area contributed by atoms with Crippen molar-refractivity contribution in [1.82, 2.24) is 9.55 Å². The zero-order chi connectivity index (χ0) is 28.4. The average Bonchev–Trinajstić information content (AvgIpc) is 3.36. The topological polar surface area (TPSA) is 77.7 Å². The third-order valence-corrected chi connectivity index (χ3v) is 6.88. The molecule has 2 aromatic heterocycles. The smallest absolute Gasteiger partial charge is 0.354 e. The van der Waals surface area contributed by atoms with Crippen molar-refractivity contribution >= 4 is 22.6 Å². The van der Waals surface area contributed by atoms with Gasteiger partial charge in [-0.05, 0) is 105 Å². The van der Waals surface area contributed by atoms with Crippen LogP contribution in [-0.2, 0) is 11.3 Å². The Morgan fingerprint density at radius 3 is 2.38 bits per heavy atom. The maximum absolute atomic E-state index is 13.4. The van der Waals surface area contributed by atoms with E-state index in [2.05, 4.69) is 15.9 Å². The van der Waals surface area contributed by atoms with Gasteiger partial charge in [0.25, 0.3) is 11.2 Å². The van der Waals surface area contributed by atoms with Gasteiger partial charge in [0.15, 0.2) is 0 Å². The number of carbonyl (C=O) groups excluding carboxylic acids is 1. The summed E-state index contributed by atoms with van der Waals surface area (Å²) in [4.78, 5) is 32.0. The number of carbonyl (C=O) groups is 1. The molecule has 0 saturated carbocycles. The third-order valence-electron chi connectivity index (χ3n) is 6.88. The minimum absolute atomic E-state index is 0.139. The summed E-state index contributed by atoms with van der Waals surface area (Å²) in [6.45, 7) is 15.9. The van der Waals surface area contributed by atoms with E-state index in [1.807, 2.05) is 74.5 Å². The van der Waals surface area contributed by atoms with Crippen molar-refractivity contribution in [2.45, 2.75) is 34.2 Å². The van der Waals surface area contributed by atoms with E-state index in [-0.39, 0.29) is 11.2 Å². The number of aromatic nitrogens is 2. The fourth-order valence-corrected chi connectivity index (χ4v) is 4.81. The molecule has 7 heteroatoms. The fourth-order valence-electron chi connectivity index (χ4n) is 4.81. The van der Waals surface area contributed by atoms with Crippen LogP contribution in [0.15, 0.2) is 77.6 Å². The number of benzene rings is 3. The van der Waals surface area contributed by atoms with Crippen molar-refractivity contribution in [2.24, 2.45) is 0 Å². The van der Waals surface area contributed by atoms with Crippen molar-refractivity contribution in [3.05, 3.63) is 123 Å². The number of rotatable bonds is 7. The first kappa shape index (κ1) is 26.5. The molecule has 0 spiro atoms. The summed E-state index contributed by atoms with van der Waals surface area (Å²) in [6.07, 6.45) is 0. The Morgan fingerprint density at radius 1 is 0.925 bits per heavy atom. The normalized spacial score (nSPS) is 10.9. The van der Waals surface area contributed by atoms with Gasteiger partial charge in [0.2, 0.25) is 0 Å². The number of hydrogen-bond acceptors (Lipinski definition) is 4. The Balaban J connectivity index is 1.45. The van der Waals surface area contributed by atoms with Gasteiger partial charge in [0, 0.05) is 16.6 Å². The molecule has 3 aromatic carbocycles. The van der Waals surface area contributed by atoms with E-state index < -0.39 is 5.97 Å². The van der Waals surface area contributed by atoms with Crippen molar-refractivity contribution in [3.8, 4) is 22.8 Å². The number of H-pyrrole nitrogens is 1. The van der Waals surface area contributed by atoms with Crippen LogP contribution in [0.5, 0.6) is 11.5 Å². The van der Waals surface area contributed by atoms with Crippen molar-refractivity contribution in [1.29, 1.82) is 0 Å². The van der Waals surface area contributed by atoms with E-state index in [9.17, 15) is 9.59 Å². The SMILES string of the molecule is [C-]#[N+]c1c(C)cc(-c2ccc(Oc3ccc4[nH]c(C(=O)OCC)cc4c3)cc2)n(Cc2ccc(C)cc2C)c1=O. The molecule has 0 aliphatic carbocycles. The fraction of sp³-hybridized carbons (Fsp3) is 0.182. The second-order valence-corrected chi connectivity index (χ2v) is 9.77. The molecule has 0 saturated heterocycles. The molecule has 0 radical (unpaired) electrons. The lowest BCUT2D eigenvalue weighted by Crippen LogP contribution is -2.23. The Hall–Kier alpha value is -5.09. The van der Waals surface area contributed by atoms with Crippen LogP contribution >= 0.6 is 0 Å². The van der Waals surface area contributed by atoms with Gasteiger partial charge in [-0.1, -0.05) is 23.8 Å². The molecule has 40 heavy (non-hydrogen) atoms. The van der Waals surface area contributed by atoms with E-state index >= 15 is 0 Å². The first-order chi connectivity index (χ1) is 19.3. The zero-order valence-electron chi connectivity index (χ0n) is 22.9. The van der Waals surface area contributed by atoms with Crippen LogP contribution in [-0.4, -0.2) is 22.1 Å². The van der Waals surface area contributed by atoms with E-state index in [4.69, 9.17) is 16.0 Å². The third kappa shape index (κ3) is 5.25. The second-order valence-electron chi connectivity index (χ2n) is 9.77. The maximum Gasteiger partial charge on any atom is 0.354 e. The second kappa shape index (κ2) is 11.0. The molecule has 0 fully saturated rings. The predicted molar refractivity (Wildman–Crippen MR) is 156 cm³/mol. The number of esters is 1. The van der Waals surface area contributed by atoms with Gasteiger partial charge in [-0.2, -0.15) is 0 Å². The summed E-state index contributed by atoms with van der Waals surface area (Å²) in [5.74, 6) is 0.855. The van der Waals surface area contributed by atoms with E-state index in [0.29, 0.717) is 35.9 Å². The van der Waals surface area contributed by atoms with Gasteiger partial charge in [0.05, 0.1) is 19.7 Å². The monoisotopic (exact) mass is 531 g/mol. The molecule has 0 unspecified atom stereocenters. The van der Waals surface area contributed by atoms with Gasteiger partial charge in [0.1, 0.15) is 17.2 Å². The van der Waals surface area contributed by atoms with E-state index in [1.165, 1.54) is 0 Å². The van der Waals surface area contributed by atoms with Crippen LogP contribution in [0.4, 0.5) is 5.69 Å². The molecule has 0 aliphatic heterocycles. The van der Waals surface area contributed by atoms with Gasteiger partial charge >= 0.3 is 5.97 Å². The average molecular weight is 532 g/mol. The van der Waals surface area contributed by atoms with E-state index in [1.54, 1.807) is 24.5 Å². The number of fused-ring (bicyclic) bond motifs is 1. The summed E-state index contributed by atoms with van der Waals surface area (Å²) >= 11 is 0. The lowest BCUT2D eigenvalue weighted by Gasteiger charge is -2.17. The minimum atomic E-state index is -0.396. The van der Waals surface area contributed by atoms with Gasteiger partial charge < -0.3 is 19.0 Å². The summed E-state index contributed by atoms with van der Waals surface area (Å²) < 4.78 is 12.8. The largest absolute Gasteiger partial charge is 0.461 e. The summed E-state index contributed by atoms with van der Waals surface area (Å²) in [5, 5.41) is 0.836. The molecule has 0 aliphatic rings. The highest BCUT2D eigenvalue weighted by atomic mass is 16.5. The lowest BCUT2D eigenvalue weighted by atomic mass is 10.0. The van der Waals surface area contributed by atoms with Crippen LogP contribution in [0.1, 0.15) is 39.7 Å². The highest BCUT2D eigenvalue weighted by Crippen LogP contribution is 2.30. The first-order valence-electron chi connectivity index (χ1n) is 13.0. The molecular formula is C33H29N3O4. The van der Waals surface area contributed by atoms with Crippen LogP contribution in [0.3, 0.4) is 0 Å². The molecule has 2 heterocycles. The number of aryl methyl sites for hydroxylation is 3. The number of hydrogen-bond donors (Lipinski definition) is 1. The predicted octanol–water partition coefficient (Wildman–Crippen LogP) is 7.49. The minimum Gasteiger partial charge on any atom is -0.461 e. The van der Waals surface area contributed by atoms with Crippen LogP contribution in [0.25, 0.3) is 27.0 Å². The molecule has 1 N–H and O–H groups in total. The van der Waals surface area contributed by atoms with Crippen molar-refractivity contribution in [2.75, 3.05) is 6.61 Å². The Morgan fingerprint density at radius 2 is 1.68 bits per heavy atom. The molecule has 0 bridgehead atoms. The molecule has 200 valence electrons. The molecule has 5 aromatic rings. The standard InChI is InChI=1S/C33H29N3O4/c1-6-39-33(38)29-18-25-17-27(13-14-28(25)35-29)40-26-11-9-23(10-12-26)30-16-22(4)31(34-5)32(37)36(30)19-24-8-7-20(2)15-21(24)3/h7-18,35H,6,19H2,1-4H3. The molecule has 0 amide bonds. The molecule has 5 rings (SSSR count). The Labute approximate surface area is 232 Å². The highest BCUT2D eigenvalue weighted by Gasteiger charge is 2.16. The molecular weight excluding hydrogens is 502 g/mol. The number of nitrogens with one attached hydrogen (secondary N) is 1. The van der Waals surface area contributed by atoms with Gasteiger partial charge in [-0.3, -0.25) is 4.79 Å². The molecule has 0 atom stereocenters. The summed E-state index contributed by atoms with van der Waals surface area (Å²) in [5.41, 5.74) is 6.55. The van der Waals surface area contributed by atoms with Gasteiger partial charge in [-0.15, -0.1) is 0 Å². The zero-order valence-corrected chi connectivity index (χ0v) is 22.9. The lowest BCUT2D eigenvalue weighted by molar-refractivity contribution is 0.0520. The van der Waals surface area contributed by atoms with Gasteiger partial charge in [-0.25, -0.2) is 9.64 Å². The summed E-state index contributed by atoms with van der Waals surface area (Å²) in [7, 11) is 0. The molecule has 7 nitrogen and oxygen atoms in total. The van der Waals surface area contributed by atoms with Crippen molar-refractivity contribution in [3.63, 3.8) is 0 Å². The van der Waals surface area contributed by atoms with Crippen LogP contribution in [0.2, 0.25) is 0 Å². The maximum atomic E-state index is 13.4. The van der Waals surface area contributed by atoms with Crippen LogP contribution < -0.4 is 10.3 Å². The number of ether oxygens (including phenoxy) is 2. The summed E-state index contributed by atoms with van der Waals surface area (Å²) in [6, 6.07) is 22.9. The van der Waals surface area contributed by atoms with Crippen LogP contribution in [0, 0.1) is 27.3 Å². The van der Waals surface area contributed by atoms with Crippen molar-refractivity contribution < 1.29 is 14.3 Å². The Bertz CT molecular complexity index is 1840. The number of nitrogens with zero attached hydrogens (tertiary/aromatic N) is 2. The highest BCUT2D eigenvalue weighted by molar-refractivity contribution is 5.95.